The van der Waals surface area contributed by atoms with E-state index in [1.54, 1.807) is 12.1 Å². The molecule has 0 saturated carbocycles. The van der Waals surface area contributed by atoms with Crippen molar-refractivity contribution in [3.8, 4) is 0 Å². The first-order valence-electron chi connectivity index (χ1n) is 4.37. The van der Waals surface area contributed by atoms with E-state index in [2.05, 4.69) is 10.3 Å². The quantitative estimate of drug-likeness (QED) is 0.805. The van der Waals surface area contributed by atoms with Crippen LogP contribution in [-0.4, -0.2) is 15.8 Å². The number of aromatic nitrogens is 2. The fraction of sp³-hybridized carbons (Fsp3) is 0. The molecule has 0 aliphatic heterocycles. The second kappa shape index (κ2) is 4.28. The highest BCUT2D eigenvalue weighted by atomic mass is 16.7. The molecule has 5 nitrogen and oxygen atoms in total. The van der Waals surface area contributed by atoms with Crippen LogP contribution in [-0.2, 0) is 0 Å². The first-order chi connectivity index (χ1) is 7.34. The van der Waals surface area contributed by atoms with E-state index in [-0.39, 0.29) is 0 Å². The number of anilines is 1. The Balaban J connectivity index is 1.94. The highest BCUT2D eigenvalue weighted by molar-refractivity contribution is 5.84. The van der Waals surface area contributed by atoms with Gasteiger partial charge in [0.15, 0.2) is 0 Å². The van der Waals surface area contributed by atoms with Crippen LogP contribution in [0.1, 0.15) is 0 Å². The van der Waals surface area contributed by atoms with Gasteiger partial charge in [-0.15, -0.1) is 0 Å². The van der Waals surface area contributed by atoms with Crippen molar-refractivity contribution in [3.63, 3.8) is 0 Å². The van der Waals surface area contributed by atoms with Crippen molar-refractivity contribution in [2.75, 3.05) is 5.32 Å². The van der Waals surface area contributed by atoms with Gasteiger partial charge < -0.3 is 4.84 Å². The maximum Gasteiger partial charge on any atom is 0.436 e. The van der Waals surface area contributed by atoms with Crippen molar-refractivity contribution < 1.29 is 9.63 Å². The number of amides is 1. The molecule has 1 aromatic heterocycles. The van der Waals surface area contributed by atoms with Crippen LogP contribution in [0.15, 0.2) is 49.1 Å². The van der Waals surface area contributed by atoms with Crippen molar-refractivity contribution >= 4 is 11.8 Å². The largest absolute Gasteiger partial charge is 0.436 e. The van der Waals surface area contributed by atoms with E-state index >= 15 is 0 Å². The summed E-state index contributed by atoms with van der Waals surface area (Å²) in [6.07, 6.45) is 3.89. The minimum atomic E-state index is -0.556. The molecule has 5 heteroatoms. The molecule has 0 spiro atoms. The molecule has 0 unspecified atom stereocenters. The van der Waals surface area contributed by atoms with Gasteiger partial charge in [0, 0.05) is 11.9 Å². The lowest BCUT2D eigenvalue weighted by molar-refractivity contribution is 0.147. The molecule has 15 heavy (non-hydrogen) atoms. The zero-order chi connectivity index (χ0) is 10.5. The standard InChI is InChI=1S/C10H9N3O2/c14-10(15-13-7-6-11-8-13)12-9-4-2-1-3-5-9/h1-8H,(H,12,14). The van der Waals surface area contributed by atoms with E-state index < -0.39 is 6.09 Å². The number of hydrogen-bond acceptors (Lipinski definition) is 3. The Bertz CT molecular complexity index is 425. The lowest BCUT2D eigenvalue weighted by Crippen LogP contribution is -2.23. The van der Waals surface area contributed by atoms with Crippen LogP contribution in [0.2, 0.25) is 0 Å². The molecule has 1 N–H and O–H groups in total. The summed E-state index contributed by atoms with van der Waals surface area (Å²) in [6.45, 7) is 0. The minimum absolute atomic E-state index is 0.556. The van der Waals surface area contributed by atoms with Crippen LogP contribution in [0.5, 0.6) is 0 Å². The number of imidazole rings is 1. The molecule has 1 amide bonds. The number of nitrogens with zero attached hydrogens (tertiary/aromatic N) is 2. The van der Waals surface area contributed by atoms with Crippen molar-refractivity contribution in [2.45, 2.75) is 0 Å². The topological polar surface area (TPSA) is 56.1 Å². The van der Waals surface area contributed by atoms with Crippen LogP contribution in [0, 0.1) is 0 Å². The number of rotatable bonds is 2. The van der Waals surface area contributed by atoms with E-state index in [9.17, 15) is 4.79 Å². The average molecular weight is 203 g/mol. The molecule has 1 aromatic carbocycles. The molecule has 0 bridgehead atoms. The van der Waals surface area contributed by atoms with E-state index in [0.717, 1.165) is 0 Å². The zero-order valence-electron chi connectivity index (χ0n) is 7.83. The van der Waals surface area contributed by atoms with Gasteiger partial charge in [0.25, 0.3) is 0 Å². The van der Waals surface area contributed by atoms with E-state index in [1.165, 1.54) is 23.5 Å². The fourth-order valence-corrected chi connectivity index (χ4v) is 1.06. The average Bonchev–Trinajstić information content (AvgIpc) is 2.71. The summed E-state index contributed by atoms with van der Waals surface area (Å²) >= 11 is 0. The number of hydrogen-bond donors (Lipinski definition) is 1. The van der Waals surface area contributed by atoms with Crippen LogP contribution in [0.4, 0.5) is 10.5 Å². The highest BCUT2D eigenvalue weighted by Crippen LogP contribution is 2.04. The molecule has 0 aliphatic rings. The summed E-state index contributed by atoms with van der Waals surface area (Å²) in [7, 11) is 0. The van der Waals surface area contributed by atoms with Crippen LogP contribution in [0.25, 0.3) is 0 Å². The molecule has 0 atom stereocenters. The Labute approximate surface area is 86.3 Å². The first kappa shape index (κ1) is 9.26. The van der Waals surface area contributed by atoms with Crippen LogP contribution >= 0.6 is 0 Å². The van der Waals surface area contributed by atoms with E-state index in [4.69, 9.17) is 4.84 Å². The molecule has 2 aromatic rings. The van der Waals surface area contributed by atoms with Crippen molar-refractivity contribution in [1.29, 1.82) is 0 Å². The predicted molar refractivity (Wildman–Crippen MR) is 54.3 cm³/mol. The summed E-state index contributed by atoms with van der Waals surface area (Å²) in [6, 6.07) is 9.07. The van der Waals surface area contributed by atoms with Gasteiger partial charge in [-0.2, -0.15) is 4.73 Å². The second-order valence-corrected chi connectivity index (χ2v) is 2.79. The maximum absolute atomic E-state index is 11.3. The maximum atomic E-state index is 11.3. The van der Waals surface area contributed by atoms with Gasteiger partial charge in [-0.3, -0.25) is 5.32 Å². The van der Waals surface area contributed by atoms with Crippen molar-refractivity contribution in [2.24, 2.45) is 0 Å². The lowest BCUT2D eigenvalue weighted by Gasteiger charge is -2.05. The second-order valence-electron chi connectivity index (χ2n) is 2.79. The third-order valence-electron chi connectivity index (χ3n) is 1.69. The summed E-state index contributed by atoms with van der Waals surface area (Å²) in [4.78, 5) is 19.9. The Morgan fingerprint density at radius 1 is 1.33 bits per heavy atom. The van der Waals surface area contributed by atoms with E-state index in [0.29, 0.717) is 5.69 Å². The van der Waals surface area contributed by atoms with Crippen LogP contribution in [0.3, 0.4) is 0 Å². The first-order valence-corrected chi connectivity index (χ1v) is 4.37. The lowest BCUT2D eigenvalue weighted by atomic mass is 10.3. The molecular weight excluding hydrogens is 194 g/mol. The number of carbonyl (C=O) groups excluding carboxylic acids is 1. The minimum Gasteiger partial charge on any atom is -0.316 e. The van der Waals surface area contributed by atoms with Gasteiger partial charge in [-0.25, -0.2) is 9.78 Å². The third kappa shape index (κ3) is 2.57. The number of carbonyl (C=O) groups is 1. The molecule has 76 valence electrons. The SMILES string of the molecule is O=C(Nc1ccccc1)On1ccnc1. The van der Waals surface area contributed by atoms with Gasteiger partial charge >= 0.3 is 6.09 Å². The number of para-hydroxylation sites is 1. The highest BCUT2D eigenvalue weighted by Gasteiger charge is 2.03. The van der Waals surface area contributed by atoms with Gasteiger partial charge in [-0.05, 0) is 12.1 Å². The predicted octanol–water partition coefficient (Wildman–Crippen LogP) is 1.54. The Morgan fingerprint density at radius 3 is 2.80 bits per heavy atom. The van der Waals surface area contributed by atoms with Gasteiger partial charge in [0.05, 0.1) is 6.20 Å². The summed E-state index contributed by atoms with van der Waals surface area (Å²) in [5, 5.41) is 2.57. The van der Waals surface area contributed by atoms with Crippen molar-refractivity contribution in [3.05, 3.63) is 49.1 Å². The molecular formula is C10H9N3O2. The van der Waals surface area contributed by atoms with E-state index in [1.807, 2.05) is 18.2 Å². The van der Waals surface area contributed by atoms with Gasteiger partial charge in [-0.1, -0.05) is 18.2 Å². The number of benzene rings is 1. The molecule has 0 radical (unpaired) electrons. The molecule has 1 heterocycles. The Hall–Kier alpha value is -2.30. The van der Waals surface area contributed by atoms with Gasteiger partial charge in [0.2, 0.25) is 0 Å². The molecule has 0 aliphatic carbocycles. The zero-order valence-corrected chi connectivity index (χ0v) is 7.83. The normalized spacial score (nSPS) is 9.60. The van der Waals surface area contributed by atoms with Crippen molar-refractivity contribution in [1.82, 2.24) is 9.71 Å². The summed E-state index contributed by atoms with van der Waals surface area (Å²) in [5.74, 6) is 0. The summed E-state index contributed by atoms with van der Waals surface area (Å²) < 4.78 is 1.22. The molecule has 2 rings (SSSR count). The smallest absolute Gasteiger partial charge is 0.316 e. The Kier molecular flexibility index (Phi) is 2.64. The van der Waals surface area contributed by atoms with Crippen LogP contribution < -0.4 is 10.2 Å². The monoisotopic (exact) mass is 203 g/mol. The molecule has 0 fully saturated rings. The summed E-state index contributed by atoms with van der Waals surface area (Å²) in [5.41, 5.74) is 0.683. The Morgan fingerprint density at radius 2 is 2.13 bits per heavy atom. The third-order valence-corrected chi connectivity index (χ3v) is 1.69. The molecule has 0 saturated heterocycles. The number of nitrogens with one attached hydrogen (secondary N) is 1. The fourth-order valence-electron chi connectivity index (χ4n) is 1.06. The van der Waals surface area contributed by atoms with Gasteiger partial charge in [0.1, 0.15) is 6.33 Å².